The van der Waals surface area contributed by atoms with Crippen molar-refractivity contribution in [2.45, 2.75) is 45.4 Å². The van der Waals surface area contributed by atoms with Crippen LogP contribution in [0.25, 0.3) is 0 Å². The Labute approximate surface area is 125 Å². The zero-order chi connectivity index (χ0) is 16.3. The van der Waals surface area contributed by atoms with Gasteiger partial charge in [-0.25, -0.2) is 0 Å². The Hall–Kier alpha value is -1.22. The Morgan fingerprint density at radius 1 is 1.00 bits per heavy atom. The lowest BCUT2D eigenvalue weighted by Crippen LogP contribution is -2.54. The van der Waals surface area contributed by atoms with Crippen molar-refractivity contribution in [3.05, 3.63) is 0 Å². The van der Waals surface area contributed by atoms with Crippen LogP contribution in [0.5, 0.6) is 0 Å². The molecular weight excluding hydrogens is 276 g/mol. The third kappa shape index (κ3) is 8.61. The molecule has 0 aliphatic rings. The highest BCUT2D eigenvalue weighted by molar-refractivity contribution is 5.70. The minimum absolute atomic E-state index is 0.00887. The molecule has 6 N–H and O–H groups in total. The van der Waals surface area contributed by atoms with E-state index in [1.807, 2.05) is 0 Å². The van der Waals surface area contributed by atoms with Gasteiger partial charge in [-0.1, -0.05) is 0 Å². The number of hydrogen-bond acceptors (Lipinski definition) is 8. The van der Waals surface area contributed by atoms with Crippen LogP contribution in [-0.4, -0.2) is 55.5 Å². The van der Waals surface area contributed by atoms with Gasteiger partial charge < -0.3 is 26.7 Å². The summed E-state index contributed by atoms with van der Waals surface area (Å²) >= 11 is 0. The van der Waals surface area contributed by atoms with Crippen LogP contribution in [0.1, 0.15) is 33.1 Å². The summed E-state index contributed by atoms with van der Waals surface area (Å²) in [5.74, 6) is -0.794. The first kappa shape index (κ1) is 19.8. The monoisotopic (exact) mass is 304 g/mol. The van der Waals surface area contributed by atoms with Gasteiger partial charge in [-0.2, -0.15) is 0 Å². The van der Waals surface area contributed by atoms with Gasteiger partial charge in [0, 0.05) is 6.54 Å². The summed E-state index contributed by atoms with van der Waals surface area (Å²) in [6.07, 6.45) is -0.572. The second-order valence-corrected chi connectivity index (χ2v) is 4.53. The fourth-order valence-electron chi connectivity index (χ4n) is 1.87. The number of rotatable bonds is 11. The molecule has 0 aromatic heterocycles. The molecule has 0 bridgehead atoms. The molecule has 8 heteroatoms. The highest BCUT2D eigenvalue weighted by Crippen LogP contribution is 2.08. The van der Waals surface area contributed by atoms with Crippen molar-refractivity contribution in [2.24, 2.45) is 17.2 Å². The quantitative estimate of drug-likeness (QED) is 0.331. The molecule has 0 aromatic rings. The van der Waals surface area contributed by atoms with E-state index in [0.717, 1.165) is 0 Å². The van der Waals surface area contributed by atoms with Crippen LogP contribution >= 0.6 is 0 Å². The lowest BCUT2D eigenvalue weighted by molar-refractivity contribution is -0.145. The van der Waals surface area contributed by atoms with Crippen molar-refractivity contribution in [2.75, 3.05) is 26.3 Å². The van der Waals surface area contributed by atoms with Crippen molar-refractivity contribution >= 4 is 11.9 Å². The van der Waals surface area contributed by atoms with Gasteiger partial charge in [-0.15, -0.1) is 0 Å². The summed E-state index contributed by atoms with van der Waals surface area (Å²) in [5, 5.41) is 0. The molecule has 124 valence electrons. The number of carbonyl (C=O) groups is 2. The Balaban J connectivity index is 4.59. The summed E-state index contributed by atoms with van der Waals surface area (Å²) in [5.41, 5.74) is 17.5. The van der Waals surface area contributed by atoms with Gasteiger partial charge in [0.15, 0.2) is 0 Å². The Kier molecular flexibility index (Phi) is 10.8. The van der Waals surface area contributed by atoms with Gasteiger partial charge in [0.2, 0.25) is 0 Å². The third-order valence-electron chi connectivity index (χ3n) is 2.83. The maximum absolute atomic E-state index is 11.5. The van der Waals surface area contributed by atoms with Crippen LogP contribution < -0.4 is 17.2 Å². The van der Waals surface area contributed by atoms with E-state index in [9.17, 15) is 9.59 Å². The molecule has 8 nitrogen and oxygen atoms in total. The van der Waals surface area contributed by atoms with E-state index in [1.165, 1.54) is 0 Å². The fourth-order valence-corrected chi connectivity index (χ4v) is 1.87. The standard InChI is InChI=1S/C13H28N4O4/c1-3-20-12(18)8-10(15)17(7-5-6-14)11(16)9-13(19)21-4-2/h10-11H,3-9,14-16H2,1-2H3. The van der Waals surface area contributed by atoms with Gasteiger partial charge >= 0.3 is 11.9 Å². The molecule has 0 fully saturated rings. The number of nitrogens with zero attached hydrogens (tertiary/aromatic N) is 1. The highest BCUT2D eigenvalue weighted by Gasteiger charge is 2.25. The van der Waals surface area contributed by atoms with Crippen LogP contribution in [0.4, 0.5) is 0 Å². The molecular formula is C13H28N4O4. The molecule has 0 aliphatic carbocycles. The van der Waals surface area contributed by atoms with Crippen LogP contribution in [0, 0.1) is 0 Å². The van der Waals surface area contributed by atoms with E-state index in [-0.39, 0.29) is 12.8 Å². The van der Waals surface area contributed by atoms with Gasteiger partial charge in [0.05, 0.1) is 38.4 Å². The molecule has 0 spiro atoms. The first-order valence-corrected chi connectivity index (χ1v) is 7.24. The second-order valence-electron chi connectivity index (χ2n) is 4.53. The van der Waals surface area contributed by atoms with E-state index < -0.39 is 24.3 Å². The summed E-state index contributed by atoms with van der Waals surface area (Å²) in [6, 6.07) is 0. The van der Waals surface area contributed by atoms with Crippen molar-refractivity contribution in [3.63, 3.8) is 0 Å². The number of ether oxygens (including phenoxy) is 2. The van der Waals surface area contributed by atoms with Crippen molar-refractivity contribution < 1.29 is 19.1 Å². The SMILES string of the molecule is CCOC(=O)CC(N)N(CCCN)C(N)CC(=O)OCC. The average molecular weight is 304 g/mol. The lowest BCUT2D eigenvalue weighted by atomic mass is 10.2. The largest absolute Gasteiger partial charge is 0.466 e. The van der Waals surface area contributed by atoms with Crippen LogP contribution in [0.3, 0.4) is 0 Å². The van der Waals surface area contributed by atoms with Crippen LogP contribution in [0.15, 0.2) is 0 Å². The molecule has 0 rings (SSSR count). The van der Waals surface area contributed by atoms with Crippen molar-refractivity contribution in [1.82, 2.24) is 4.90 Å². The first-order chi connectivity index (χ1) is 9.96. The van der Waals surface area contributed by atoms with E-state index in [0.29, 0.717) is 32.7 Å². The molecule has 0 aromatic carbocycles. The van der Waals surface area contributed by atoms with Crippen LogP contribution in [-0.2, 0) is 19.1 Å². The van der Waals surface area contributed by atoms with Gasteiger partial charge in [0.1, 0.15) is 0 Å². The second kappa shape index (κ2) is 11.4. The number of esters is 2. The number of nitrogens with two attached hydrogens (primary N) is 3. The van der Waals surface area contributed by atoms with Gasteiger partial charge in [0.25, 0.3) is 0 Å². The molecule has 2 unspecified atom stereocenters. The third-order valence-corrected chi connectivity index (χ3v) is 2.83. The van der Waals surface area contributed by atoms with E-state index in [2.05, 4.69) is 0 Å². The zero-order valence-corrected chi connectivity index (χ0v) is 12.9. The van der Waals surface area contributed by atoms with Gasteiger partial charge in [-0.3, -0.25) is 14.5 Å². The van der Waals surface area contributed by atoms with E-state index >= 15 is 0 Å². The van der Waals surface area contributed by atoms with Gasteiger partial charge in [-0.05, 0) is 26.8 Å². The summed E-state index contributed by atoms with van der Waals surface area (Å²) in [7, 11) is 0. The number of carbonyl (C=O) groups excluding carboxylic acids is 2. The normalized spacial score (nSPS) is 13.8. The molecule has 0 amide bonds. The van der Waals surface area contributed by atoms with E-state index in [4.69, 9.17) is 26.7 Å². The molecule has 0 heterocycles. The summed E-state index contributed by atoms with van der Waals surface area (Å²) in [4.78, 5) is 24.7. The molecule has 0 saturated carbocycles. The topological polar surface area (TPSA) is 134 Å². The predicted molar refractivity (Wildman–Crippen MR) is 78.8 cm³/mol. The molecule has 0 radical (unpaired) electrons. The lowest BCUT2D eigenvalue weighted by Gasteiger charge is -2.33. The highest BCUT2D eigenvalue weighted by atomic mass is 16.5. The average Bonchev–Trinajstić information content (AvgIpc) is 2.39. The van der Waals surface area contributed by atoms with Crippen LogP contribution in [0.2, 0.25) is 0 Å². The Bertz CT molecular complexity index is 289. The summed E-state index contributed by atoms with van der Waals surface area (Å²) in [6.45, 7) is 5.00. The molecule has 0 saturated heterocycles. The Morgan fingerprint density at radius 2 is 1.43 bits per heavy atom. The van der Waals surface area contributed by atoms with Crippen molar-refractivity contribution in [3.8, 4) is 0 Å². The summed E-state index contributed by atoms with van der Waals surface area (Å²) < 4.78 is 9.73. The van der Waals surface area contributed by atoms with Crippen molar-refractivity contribution in [1.29, 1.82) is 0 Å². The Morgan fingerprint density at radius 3 is 1.76 bits per heavy atom. The predicted octanol–water partition coefficient (Wildman–Crippen LogP) is -0.887. The molecule has 0 aliphatic heterocycles. The van der Waals surface area contributed by atoms with E-state index in [1.54, 1.807) is 18.7 Å². The minimum atomic E-state index is -0.625. The zero-order valence-electron chi connectivity index (χ0n) is 12.9. The molecule has 21 heavy (non-hydrogen) atoms. The smallest absolute Gasteiger partial charge is 0.308 e. The first-order valence-electron chi connectivity index (χ1n) is 7.24. The maximum atomic E-state index is 11.5. The number of hydrogen-bond donors (Lipinski definition) is 3. The minimum Gasteiger partial charge on any atom is -0.466 e. The maximum Gasteiger partial charge on any atom is 0.308 e. The fraction of sp³-hybridized carbons (Fsp3) is 0.846. The molecule has 2 atom stereocenters.